The zero-order valence-electron chi connectivity index (χ0n) is 3.51. The van der Waals surface area contributed by atoms with E-state index in [2.05, 4.69) is 9.98 Å². The Hall–Kier alpha value is -0.890. The molecule has 0 fully saturated rings. The molecule has 0 aromatic heterocycles. The van der Waals surface area contributed by atoms with E-state index in [9.17, 15) is 4.79 Å². The van der Waals surface area contributed by atoms with Crippen molar-refractivity contribution >= 4 is 6.09 Å². The molecule has 0 aliphatic carbocycles. The highest BCUT2D eigenvalue weighted by molar-refractivity contribution is 5.61. The van der Waals surface area contributed by atoms with E-state index in [4.69, 9.17) is 15.6 Å². The van der Waals surface area contributed by atoms with Gasteiger partial charge in [-0.2, -0.15) is 0 Å². The lowest BCUT2D eigenvalue weighted by molar-refractivity contribution is -0.559. The van der Waals surface area contributed by atoms with Crippen LogP contribution in [0.1, 0.15) is 0 Å². The van der Waals surface area contributed by atoms with Gasteiger partial charge in [0.05, 0.1) is 0 Å². The molecule has 0 saturated carbocycles. The molecule has 0 rings (SSSR count). The number of hydrogen-bond acceptors (Lipinski definition) is 5. The summed E-state index contributed by atoms with van der Waals surface area (Å²) >= 11 is 0. The topological polar surface area (TPSA) is 99.5 Å². The van der Waals surface area contributed by atoms with Crippen molar-refractivity contribution in [3.05, 3.63) is 0 Å². The maximum atomic E-state index is 9.52. The second-order valence-electron chi connectivity index (χ2n) is 0.703. The first-order valence-corrected chi connectivity index (χ1v) is 1.38. The molecule has 0 aliphatic heterocycles. The van der Waals surface area contributed by atoms with Crippen LogP contribution in [-0.4, -0.2) is 26.9 Å². The molecule has 0 aromatic rings. The van der Waals surface area contributed by atoms with Crippen LogP contribution < -0.4 is 0 Å². The first-order valence-electron chi connectivity index (χ1n) is 1.38. The van der Waals surface area contributed by atoms with Crippen LogP contribution in [0.25, 0.3) is 0 Å². The monoisotopic (exact) mass is 125 g/mol. The molecule has 0 radical (unpaired) electrons. The SMILES string of the molecule is O=C(O)N(OO)OO. The molecule has 0 unspecified atom stereocenters. The van der Waals surface area contributed by atoms with Gasteiger partial charge >= 0.3 is 6.09 Å². The lowest BCUT2D eigenvalue weighted by Crippen LogP contribution is -2.27. The molecule has 0 spiro atoms. The third-order valence-corrected chi connectivity index (χ3v) is 0.305. The predicted molar refractivity (Wildman–Crippen MR) is 17.3 cm³/mol. The third kappa shape index (κ3) is 1.71. The fourth-order valence-electron chi connectivity index (χ4n) is 0.0848. The van der Waals surface area contributed by atoms with E-state index in [0.29, 0.717) is 0 Å². The van der Waals surface area contributed by atoms with E-state index >= 15 is 0 Å². The van der Waals surface area contributed by atoms with Crippen LogP contribution in [0.2, 0.25) is 0 Å². The van der Waals surface area contributed by atoms with Gasteiger partial charge in [-0.1, -0.05) is 9.98 Å². The summed E-state index contributed by atoms with van der Waals surface area (Å²) in [4.78, 5) is 15.4. The Morgan fingerprint density at radius 1 is 1.38 bits per heavy atom. The van der Waals surface area contributed by atoms with Crippen molar-refractivity contribution in [3.8, 4) is 0 Å². The average Bonchev–Trinajstić information content (AvgIpc) is 1.69. The van der Waals surface area contributed by atoms with Crippen LogP contribution in [0.15, 0.2) is 0 Å². The van der Waals surface area contributed by atoms with Gasteiger partial charge in [0, 0.05) is 5.23 Å². The van der Waals surface area contributed by atoms with Gasteiger partial charge in [-0.25, -0.2) is 15.3 Å². The van der Waals surface area contributed by atoms with Gasteiger partial charge in [0.25, 0.3) is 0 Å². The molecule has 8 heavy (non-hydrogen) atoms. The Balaban J connectivity index is 3.52. The number of amides is 1. The minimum absolute atomic E-state index is 0.556. The summed E-state index contributed by atoms with van der Waals surface area (Å²) < 4.78 is 0. The van der Waals surface area contributed by atoms with Crippen molar-refractivity contribution in [3.63, 3.8) is 0 Å². The molecule has 1 amide bonds. The molecule has 0 atom stereocenters. The van der Waals surface area contributed by atoms with Crippen LogP contribution >= 0.6 is 0 Å². The zero-order valence-corrected chi connectivity index (χ0v) is 3.51. The minimum Gasteiger partial charge on any atom is -0.462 e. The Morgan fingerprint density at radius 2 is 1.75 bits per heavy atom. The maximum absolute atomic E-state index is 9.52. The third-order valence-electron chi connectivity index (χ3n) is 0.305. The fraction of sp³-hybridized carbons (Fsp3) is 0. The number of nitrogens with zero attached hydrogens (tertiary/aromatic N) is 1. The molecule has 7 heteroatoms. The van der Waals surface area contributed by atoms with Crippen LogP contribution in [0.3, 0.4) is 0 Å². The van der Waals surface area contributed by atoms with Gasteiger partial charge in [-0.15, -0.1) is 0 Å². The van der Waals surface area contributed by atoms with E-state index in [1.807, 2.05) is 0 Å². The first-order chi connectivity index (χ1) is 3.72. The smallest absolute Gasteiger partial charge is 0.462 e. The molecular weight excluding hydrogens is 122 g/mol. The van der Waals surface area contributed by atoms with Gasteiger partial charge in [0.15, 0.2) is 0 Å². The molecule has 0 aliphatic rings. The summed E-state index contributed by atoms with van der Waals surface area (Å²) in [6, 6.07) is 0. The summed E-state index contributed by atoms with van der Waals surface area (Å²) in [5.41, 5.74) is 0. The quantitative estimate of drug-likeness (QED) is 0.348. The summed E-state index contributed by atoms with van der Waals surface area (Å²) in [5.74, 6) is 0. The summed E-state index contributed by atoms with van der Waals surface area (Å²) in [7, 11) is 0. The van der Waals surface area contributed by atoms with E-state index in [-0.39, 0.29) is 0 Å². The van der Waals surface area contributed by atoms with Crippen molar-refractivity contribution in [1.82, 2.24) is 5.23 Å². The molecule has 3 N–H and O–H groups in total. The van der Waals surface area contributed by atoms with Crippen molar-refractivity contribution in [2.75, 3.05) is 0 Å². The van der Waals surface area contributed by atoms with Crippen LogP contribution in [0, 0.1) is 0 Å². The van der Waals surface area contributed by atoms with Crippen LogP contribution in [0.5, 0.6) is 0 Å². The Labute approximate surface area is 43.0 Å². The largest absolute Gasteiger partial charge is 0.462 e. The Morgan fingerprint density at radius 3 is 1.75 bits per heavy atom. The van der Waals surface area contributed by atoms with Gasteiger partial charge in [-0.3, -0.25) is 0 Å². The number of carbonyl (C=O) groups is 1. The van der Waals surface area contributed by atoms with Gasteiger partial charge < -0.3 is 5.11 Å². The highest BCUT2D eigenvalue weighted by atomic mass is 17.4. The Bertz CT molecular complexity index is 76.6. The second kappa shape index (κ2) is 3.16. The number of hydroxylamine groups is 2. The zero-order chi connectivity index (χ0) is 6.57. The molecule has 0 aromatic carbocycles. The minimum atomic E-state index is -1.78. The molecule has 0 saturated heterocycles. The summed E-state index contributed by atoms with van der Waals surface area (Å²) in [5, 5.41) is 22.1. The van der Waals surface area contributed by atoms with Crippen molar-refractivity contribution in [1.29, 1.82) is 0 Å². The first kappa shape index (κ1) is 7.11. The van der Waals surface area contributed by atoms with E-state index in [1.165, 1.54) is 0 Å². The normalized spacial score (nSPS) is 8.75. The second-order valence-corrected chi connectivity index (χ2v) is 0.703. The van der Waals surface area contributed by atoms with Crippen molar-refractivity contribution < 1.29 is 30.4 Å². The highest BCUT2D eigenvalue weighted by Crippen LogP contribution is 1.85. The predicted octanol–water partition coefficient (Wildman–Crippen LogP) is -0.224. The number of hydrogen-bond donors (Lipinski definition) is 3. The number of carboxylic acid groups (broad SMARTS) is 1. The molecule has 0 heterocycles. The van der Waals surface area contributed by atoms with Crippen molar-refractivity contribution in [2.45, 2.75) is 0 Å². The Kier molecular flexibility index (Phi) is 2.80. The average molecular weight is 125 g/mol. The van der Waals surface area contributed by atoms with Crippen LogP contribution in [0.4, 0.5) is 4.79 Å². The standard InChI is InChI=1S/CH3NO6/c3-1(4)2(7-5)8-6/h5-6H,(H,3,4). The molecule has 48 valence electrons. The molecular formula is CH3NO6. The lowest BCUT2D eigenvalue weighted by atomic mass is 11.3. The maximum Gasteiger partial charge on any atom is 0.462 e. The fourth-order valence-corrected chi connectivity index (χ4v) is 0.0848. The number of rotatable bonds is 2. The van der Waals surface area contributed by atoms with Gasteiger partial charge in [0.1, 0.15) is 0 Å². The van der Waals surface area contributed by atoms with Crippen LogP contribution in [-0.2, 0) is 9.98 Å². The molecule has 0 bridgehead atoms. The molecule has 7 nitrogen and oxygen atoms in total. The highest BCUT2D eigenvalue weighted by Gasteiger charge is 2.11. The van der Waals surface area contributed by atoms with Gasteiger partial charge in [0.2, 0.25) is 0 Å². The summed E-state index contributed by atoms with van der Waals surface area (Å²) in [6.07, 6.45) is -1.78. The van der Waals surface area contributed by atoms with E-state index in [1.54, 1.807) is 0 Å². The van der Waals surface area contributed by atoms with Gasteiger partial charge in [-0.05, 0) is 0 Å². The summed E-state index contributed by atoms with van der Waals surface area (Å²) in [6.45, 7) is 0. The van der Waals surface area contributed by atoms with E-state index in [0.717, 1.165) is 0 Å². The lowest BCUT2D eigenvalue weighted by Gasteiger charge is -2.04. The van der Waals surface area contributed by atoms with E-state index < -0.39 is 11.3 Å². The van der Waals surface area contributed by atoms with Crippen molar-refractivity contribution in [2.24, 2.45) is 0 Å².